The van der Waals surface area contributed by atoms with Gasteiger partial charge in [-0.25, -0.2) is 0 Å². The first-order valence-corrected chi connectivity index (χ1v) is 6.69. The maximum absolute atomic E-state index is 9.04. The van der Waals surface area contributed by atoms with Gasteiger partial charge in [-0.3, -0.25) is 0 Å². The Labute approximate surface area is 120 Å². The molecule has 2 aromatic rings. The van der Waals surface area contributed by atoms with Crippen LogP contribution in [0.25, 0.3) is 5.57 Å². The zero-order valence-corrected chi connectivity index (χ0v) is 11.6. The minimum Gasteiger partial charge on any atom is -0.488 e. The van der Waals surface area contributed by atoms with Crippen LogP contribution in [0.4, 0.5) is 0 Å². The number of fused-ring (bicyclic) bond motifs is 2. The van der Waals surface area contributed by atoms with Crippen LogP contribution in [0.15, 0.2) is 53.0 Å². The number of para-hydroxylation sites is 1. The second kappa shape index (κ2) is 4.91. The number of rotatable bonds is 0. The number of hydrogen-bond donors (Lipinski definition) is 0. The van der Waals surface area contributed by atoms with Crippen LogP contribution in [0.1, 0.15) is 16.7 Å². The molecule has 0 atom stereocenters. The fraction of sp³-hybridized carbons (Fsp3) is 0.0625. The van der Waals surface area contributed by atoms with Gasteiger partial charge in [-0.15, -0.1) is 0 Å². The minimum absolute atomic E-state index is 0.508. The highest BCUT2D eigenvalue weighted by Gasteiger charge is 2.18. The number of hydrogen-bond acceptors (Lipinski definition) is 2. The molecule has 0 bridgehead atoms. The molecule has 0 saturated heterocycles. The molecule has 3 heteroatoms. The molecule has 0 aromatic heterocycles. The van der Waals surface area contributed by atoms with Gasteiger partial charge >= 0.3 is 0 Å². The van der Waals surface area contributed by atoms with Crippen LogP contribution in [-0.2, 0) is 6.61 Å². The molecule has 0 fully saturated rings. The van der Waals surface area contributed by atoms with Gasteiger partial charge in [-0.2, -0.15) is 5.26 Å². The average molecular weight is 312 g/mol. The predicted molar refractivity (Wildman–Crippen MR) is 77.6 cm³/mol. The molecule has 0 radical (unpaired) electrons. The predicted octanol–water partition coefficient (Wildman–Crippen LogP) is 4.30. The van der Waals surface area contributed by atoms with E-state index in [9.17, 15) is 0 Å². The van der Waals surface area contributed by atoms with Crippen molar-refractivity contribution >= 4 is 21.5 Å². The number of nitrogens with zero attached hydrogens (tertiary/aromatic N) is 1. The monoisotopic (exact) mass is 311 g/mol. The number of ether oxygens (including phenoxy) is 1. The SMILES string of the molecule is N#C/C=C1\c2ccc(Br)cc2COc2ccccc21. The summed E-state index contributed by atoms with van der Waals surface area (Å²) >= 11 is 3.47. The van der Waals surface area contributed by atoms with Crippen LogP contribution in [0, 0.1) is 11.3 Å². The largest absolute Gasteiger partial charge is 0.488 e. The molecule has 0 N–H and O–H groups in total. The summed E-state index contributed by atoms with van der Waals surface area (Å²) in [7, 11) is 0. The summed E-state index contributed by atoms with van der Waals surface area (Å²) in [6.45, 7) is 0.508. The fourth-order valence-corrected chi connectivity index (χ4v) is 2.69. The van der Waals surface area contributed by atoms with E-state index in [1.807, 2.05) is 42.5 Å². The molecule has 0 amide bonds. The molecular weight excluding hydrogens is 302 g/mol. The van der Waals surface area contributed by atoms with E-state index >= 15 is 0 Å². The maximum atomic E-state index is 9.04. The van der Waals surface area contributed by atoms with Crippen LogP contribution < -0.4 is 4.74 Å². The molecule has 2 aromatic carbocycles. The van der Waals surface area contributed by atoms with Crippen LogP contribution >= 0.6 is 15.9 Å². The van der Waals surface area contributed by atoms with E-state index in [0.717, 1.165) is 32.5 Å². The van der Waals surface area contributed by atoms with Gasteiger partial charge in [-0.1, -0.05) is 40.2 Å². The van der Waals surface area contributed by atoms with Crippen LogP contribution in [-0.4, -0.2) is 0 Å². The summed E-state index contributed by atoms with van der Waals surface area (Å²) in [6, 6.07) is 16.0. The lowest BCUT2D eigenvalue weighted by atomic mass is 9.94. The van der Waals surface area contributed by atoms with Gasteiger partial charge in [0.15, 0.2) is 0 Å². The van der Waals surface area contributed by atoms with Gasteiger partial charge < -0.3 is 4.74 Å². The van der Waals surface area contributed by atoms with Crippen molar-refractivity contribution in [2.24, 2.45) is 0 Å². The molecule has 1 aliphatic rings. The van der Waals surface area contributed by atoms with Gasteiger partial charge in [0.25, 0.3) is 0 Å². The molecule has 1 aliphatic heterocycles. The van der Waals surface area contributed by atoms with Gasteiger partial charge in [0.05, 0.1) is 6.07 Å². The standard InChI is InChI=1S/C16H10BrNO/c17-12-5-6-13-11(9-12)10-19-16-4-2-1-3-15(16)14(13)7-8-18/h1-7,9H,10H2/b14-7+. The highest BCUT2D eigenvalue weighted by molar-refractivity contribution is 9.10. The first-order valence-electron chi connectivity index (χ1n) is 5.90. The minimum atomic E-state index is 0.508. The van der Waals surface area contributed by atoms with Crippen molar-refractivity contribution in [1.29, 1.82) is 5.26 Å². The summed E-state index contributed by atoms with van der Waals surface area (Å²) in [5, 5.41) is 9.04. The number of nitriles is 1. The van der Waals surface area contributed by atoms with Crippen molar-refractivity contribution in [2.45, 2.75) is 6.61 Å². The van der Waals surface area contributed by atoms with E-state index in [1.165, 1.54) is 0 Å². The Morgan fingerprint density at radius 2 is 2.00 bits per heavy atom. The summed E-state index contributed by atoms with van der Waals surface area (Å²) in [4.78, 5) is 0. The molecule has 1 heterocycles. The van der Waals surface area contributed by atoms with Crippen molar-refractivity contribution in [3.8, 4) is 11.8 Å². The van der Waals surface area contributed by atoms with E-state index in [-0.39, 0.29) is 0 Å². The smallest absolute Gasteiger partial charge is 0.127 e. The Morgan fingerprint density at radius 1 is 1.16 bits per heavy atom. The van der Waals surface area contributed by atoms with E-state index in [1.54, 1.807) is 6.08 Å². The summed E-state index contributed by atoms with van der Waals surface area (Å²) in [5.41, 5.74) is 4.00. The lowest BCUT2D eigenvalue weighted by Gasteiger charge is -2.08. The first kappa shape index (κ1) is 12.0. The molecule has 3 rings (SSSR count). The quantitative estimate of drug-likeness (QED) is 0.680. The first-order chi connectivity index (χ1) is 9.29. The average Bonchev–Trinajstić information content (AvgIpc) is 2.57. The van der Waals surface area contributed by atoms with Crippen LogP contribution in [0.3, 0.4) is 0 Å². The van der Waals surface area contributed by atoms with Crippen LogP contribution in [0.2, 0.25) is 0 Å². The Balaban J connectivity index is 2.28. The summed E-state index contributed by atoms with van der Waals surface area (Å²) in [6.07, 6.45) is 1.58. The van der Waals surface area contributed by atoms with E-state index < -0.39 is 0 Å². The Kier molecular flexibility index (Phi) is 3.10. The Bertz CT molecular complexity index is 713. The molecule has 19 heavy (non-hydrogen) atoms. The summed E-state index contributed by atoms with van der Waals surface area (Å²) < 4.78 is 6.85. The maximum Gasteiger partial charge on any atom is 0.127 e. The molecule has 0 spiro atoms. The molecule has 0 saturated carbocycles. The van der Waals surface area contributed by atoms with Gasteiger partial charge in [0.1, 0.15) is 12.4 Å². The normalized spacial score (nSPS) is 14.8. The lowest BCUT2D eigenvalue weighted by molar-refractivity contribution is 0.307. The molecular formula is C16H10BrNO. The highest BCUT2D eigenvalue weighted by Crippen LogP contribution is 2.37. The summed E-state index contributed by atoms with van der Waals surface area (Å²) in [5.74, 6) is 0.816. The Morgan fingerprint density at radius 3 is 2.84 bits per heavy atom. The third kappa shape index (κ3) is 2.16. The zero-order valence-electron chi connectivity index (χ0n) is 10.1. The van der Waals surface area contributed by atoms with Crippen LogP contribution in [0.5, 0.6) is 5.75 Å². The fourth-order valence-electron chi connectivity index (χ4n) is 2.28. The Hall–Kier alpha value is -2.05. The number of halogens is 1. The molecule has 0 aliphatic carbocycles. The van der Waals surface area contributed by atoms with Gasteiger partial charge in [0.2, 0.25) is 0 Å². The van der Waals surface area contributed by atoms with Crippen molar-refractivity contribution in [3.63, 3.8) is 0 Å². The third-order valence-electron chi connectivity index (χ3n) is 3.13. The third-order valence-corrected chi connectivity index (χ3v) is 3.62. The number of allylic oxidation sites excluding steroid dienone is 1. The van der Waals surface area contributed by atoms with Crippen molar-refractivity contribution < 1.29 is 4.74 Å². The topological polar surface area (TPSA) is 33.0 Å². The van der Waals surface area contributed by atoms with E-state index in [2.05, 4.69) is 22.0 Å². The van der Waals surface area contributed by atoms with Crippen molar-refractivity contribution in [1.82, 2.24) is 0 Å². The van der Waals surface area contributed by atoms with E-state index in [0.29, 0.717) is 6.61 Å². The van der Waals surface area contributed by atoms with Gasteiger partial charge in [-0.05, 0) is 29.3 Å². The van der Waals surface area contributed by atoms with Crippen molar-refractivity contribution in [3.05, 3.63) is 69.7 Å². The van der Waals surface area contributed by atoms with E-state index in [4.69, 9.17) is 10.00 Å². The molecule has 92 valence electrons. The second-order valence-electron chi connectivity index (χ2n) is 4.27. The van der Waals surface area contributed by atoms with Crippen molar-refractivity contribution in [2.75, 3.05) is 0 Å². The highest BCUT2D eigenvalue weighted by atomic mass is 79.9. The van der Waals surface area contributed by atoms with Gasteiger partial charge in [0, 0.05) is 21.7 Å². The molecule has 0 unspecified atom stereocenters. The zero-order chi connectivity index (χ0) is 13.2. The second-order valence-corrected chi connectivity index (χ2v) is 5.19. The lowest BCUT2D eigenvalue weighted by Crippen LogP contribution is -1.95. The molecule has 2 nitrogen and oxygen atoms in total. The number of benzene rings is 2.